The molecule has 0 atom stereocenters. The molecule has 1 N–H and O–H groups in total. The van der Waals surface area contributed by atoms with E-state index in [1.807, 2.05) is 17.8 Å². The molecule has 0 saturated heterocycles. The molecular weight excluding hydrogens is 310 g/mol. The first-order valence-corrected chi connectivity index (χ1v) is 8.75. The average Bonchev–Trinajstić information content (AvgIpc) is 3.17. The van der Waals surface area contributed by atoms with Gasteiger partial charge in [0.1, 0.15) is 16.2 Å². The molecule has 18 heavy (non-hydrogen) atoms. The lowest BCUT2D eigenvalue weighted by molar-refractivity contribution is 0.747. The van der Waals surface area contributed by atoms with Crippen molar-refractivity contribution in [3.8, 4) is 0 Å². The molecule has 1 aliphatic carbocycles. The Morgan fingerprint density at radius 1 is 1.33 bits per heavy atom. The number of unbranched alkanes of at least 4 members (excludes halogenated alkanes) is 2. The molecule has 1 aromatic rings. The third-order valence-corrected chi connectivity index (χ3v) is 4.09. The first kappa shape index (κ1) is 14.1. The zero-order chi connectivity index (χ0) is 12.8. The molecule has 1 saturated carbocycles. The van der Waals surface area contributed by atoms with Crippen molar-refractivity contribution in [2.75, 3.05) is 23.9 Å². The number of aromatic nitrogens is 2. The molecule has 1 aromatic heterocycles. The van der Waals surface area contributed by atoms with Gasteiger partial charge in [-0.15, -0.1) is 0 Å². The molecule has 0 spiro atoms. The quantitative estimate of drug-likeness (QED) is 0.576. The van der Waals surface area contributed by atoms with E-state index in [1.54, 1.807) is 0 Å². The summed E-state index contributed by atoms with van der Waals surface area (Å²) in [5, 5.41) is 3.40. The van der Waals surface area contributed by atoms with Crippen LogP contribution < -0.4 is 5.32 Å². The van der Waals surface area contributed by atoms with Crippen molar-refractivity contribution in [2.45, 2.75) is 38.0 Å². The van der Waals surface area contributed by atoms with Crippen molar-refractivity contribution in [3.05, 3.63) is 16.5 Å². The van der Waals surface area contributed by atoms with Gasteiger partial charge in [0.15, 0.2) is 0 Å². The highest BCUT2D eigenvalue weighted by molar-refractivity contribution is 9.10. The molecule has 3 nitrogen and oxygen atoms in total. The van der Waals surface area contributed by atoms with Gasteiger partial charge in [-0.2, -0.15) is 11.8 Å². The number of nitrogens with zero attached hydrogens (tertiary/aromatic N) is 2. The van der Waals surface area contributed by atoms with Gasteiger partial charge in [-0.05, 0) is 53.6 Å². The maximum atomic E-state index is 4.57. The SMILES string of the molecule is CSCCCCCNc1cc(Br)nc(C2CC2)n1. The number of nitrogens with one attached hydrogen (secondary N) is 1. The van der Waals surface area contributed by atoms with E-state index in [0.717, 1.165) is 22.8 Å². The lowest BCUT2D eigenvalue weighted by Gasteiger charge is -2.07. The number of hydrogen-bond donors (Lipinski definition) is 1. The van der Waals surface area contributed by atoms with Crippen LogP contribution in [-0.2, 0) is 0 Å². The average molecular weight is 330 g/mol. The summed E-state index contributed by atoms with van der Waals surface area (Å²) >= 11 is 5.38. The second-order valence-corrected chi connectivity index (χ2v) is 6.49. The van der Waals surface area contributed by atoms with Crippen LogP contribution in [0.15, 0.2) is 10.7 Å². The van der Waals surface area contributed by atoms with Crippen LogP contribution in [0.25, 0.3) is 0 Å². The lowest BCUT2D eigenvalue weighted by atomic mass is 10.2. The van der Waals surface area contributed by atoms with Crippen LogP contribution in [0.2, 0.25) is 0 Å². The van der Waals surface area contributed by atoms with Crippen molar-refractivity contribution < 1.29 is 0 Å². The predicted molar refractivity (Wildman–Crippen MR) is 82.4 cm³/mol. The number of thioether (sulfide) groups is 1. The minimum Gasteiger partial charge on any atom is -0.370 e. The Kier molecular flexibility index (Phi) is 5.76. The van der Waals surface area contributed by atoms with Crippen molar-refractivity contribution in [3.63, 3.8) is 0 Å². The van der Waals surface area contributed by atoms with Gasteiger partial charge in [-0.1, -0.05) is 6.42 Å². The van der Waals surface area contributed by atoms with Crippen molar-refractivity contribution in [2.24, 2.45) is 0 Å². The summed E-state index contributed by atoms with van der Waals surface area (Å²) in [5.74, 6) is 3.83. The van der Waals surface area contributed by atoms with Gasteiger partial charge in [0.25, 0.3) is 0 Å². The summed E-state index contributed by atoms with van der Waals surface area (Å²) in [5.41, 5.74) is 0. The minimum atomic E-state index is 0.602. The molecular formula is C13H20BrN3S. The Labute approximate surface area is 122 Å². The summed E-state index contributed by atoms with van der Waals surface area (Å²) in [6, 6.07) is 1.97. The van der Waals surface area contributed by atoms with Crippen molar-refractivity contribution in [1.29, 1.82) is 0 Å². The fourth-order valence-corrected chi connectivity index (χ4v) is 2.71. The summed E-state index contributed by atoms with van der Waals surface area (Å²) in [4.78, 5) is 9.00. The number of halogens is 1. The zero-order valence-electron chi connectivity index (χ0n) is 10.8. The first-order valence-electron chi connectivity index (χ1n) is 6.57. The molecule has 5 heteroatoms. The molecule has 1 fully saturated rings. The van der Waals surface area contributed by atoms with E-state index in [9.17, 15) is 0 Å². The number of anilines is 1. The zero-order valence-corrected chi connectivity index (χ0v) is 13.2. The van der Waals surface area contributed by atoms with Gasteiger partial charge >= 0.3 is 0 Å². The Morgan fingerprint density at radius 3 is 2.89 bits per heavy atom. The van der Waals surface area contributed by atoms with Crippen LogP contribution in [0.5, 0.6) is 0 Å². The third-order valence-electron chi connectivity index (χ3n) is 2.99. The van der Waals surface area contributed by atoms with Crippen LogP contribution >= 0.6 is 27.7 Å². The highest BCUT2D eigenvalue weighted by atomic mass is 79.9. The number of hydrogen-bond acceptors (Lipinski definition) is 4. The molecule has 1 heterocycles. The van der Waals surface area contributed by atoms with Gasteiger partial charge in [0.05, 0.1) is 0 Å². The van der Waals surface area contributed by atoms with Gasteiger partial charge in [-0.3, -0.25) is 0 Å². The molecule has 2 rings (SSSR count). The summed E-state index contributed by atoms with van der Waals surface area (Å²) in [7, 11) is 0. The summed E-state index contributed by atoms with van der Waals surface area (Å²) in [6.45, 7) is 1.00. The highest BCUT2D eigenvalue weighted by Crippen LogP contribution is 2.38. The molecule has 0 radical (unpaired) electrons. The maximum Gasteiger partial charge on any atom is 0.135 e. The third kappa shape index (κ3) is 4.76. The first-order chi connectivity index (χ1) is 8.79. The Balaban J connectivity index is 1.74. The molecule has 0 bridgehead atoms. The van der Waals surface area contributed by atoms with Crippen LogP contribution in [0.4, 0.5) is 5.82 Å². The van der Waals surface area contributed by atoms with Gasteiger partial charge in [0, 0.05) is 18.5 Å². The minimum absolute atomic E-state index is 0.602. The monoisotopic (exact) mass is 329 g/mol. The van der Waals surface area contributed by atoms with E-state index in [4.69, 9.17) is 0 Å². The van der Waals surface area contributed by atoms with Gasteiger partial charge in [-0.25, -0.2) is 9.97 Å². The summed E-state index contributed by atoms with van der Waals surface area (Å²) < 4.78 is 0.893. The van der Waals surface area contributed by atoms with Crippen LogP contribution in [0.3, 0.4) is 0 Å². The Morgan fingerprint density at radius 2 is 2.17 bits per heavy atom. The molecule has 0 amide bonds. The van der Waals surface area contributed by atoms with E-state index >= 15 is 0 Å². The van der Waals surface area contributed by atoms with Crippen LogP contribution in [0, 0.1) is 0 Å². The molecule has 0 unspecified atom stereocenters. The molecule has 0 aromatic carbocycles. The van der Waals surface area contributed by atoms with E-state index in [1.165, 1.54) is 37.9 Å². The second kappa shape index (κ2) is 7.34. The fraction of sp³-hybridized carbons (Fsp3) is 0.692. The lowest BCUT2D eigenvalue weighted by Crippen LogP contribution is -2.06. The van der Waals surface area contributed by atoms with E-state index in [0.29, 0.717) is 5.92 Å². The smallest absolute Gasteiger partial charge is 0.135 e. The highest BCUT2D eigenvalue weighted by Gasteiger charge is 2.27. The standard InChI is InChI=1S/C13H20BrN3S/c1-18-8-4-2-3-7-15-12-9-11(14)16-13(17-12)10-5-6-10/h9-10H,2-8H2,1H3,(H,15,16,17). The summed E-state index contributed by atoms with van der Waals surface area (Å²) in [6.07, 6.45) is 8.45. The van der Waals surface area contributed by atoms with Crippen LogP contribution in [-0.4, -0.2) is 28.5 Å². The molecule has 0 aliphatic heterocycles. The molecule has 100 valence electrons. The maximum absolute atomic E-state index is 4.57. The van der Waals surface area contributed by atoms with E-state index < -0.39 is 0 Å². The van der Waals surface area contributed by atoms with Crippen molar-refractivity contribution in [1.82, 2.24) is 9.97 Å². The topological polar surface area (TPSA) is 37.8 Å². The predicted octanol–water partition coefficient (Wildman–Crippen LogP) is 4.06. The van der Waals surface area contributed by atoms with Gasteiger partial charge in [0.2, 0.25) is 0 Å². The molecule has 1 aliphatic rings. The second-order valence-electron chi connectivity index (χ2n) is 4.69. The van der Waals surface area contributed by atoms with E-state index in [-0.39, 0.29) is 0 Å². The normalized spacial score (nSPS) is 14.8. The fourth-order valence-electron chi connectivity index (χ4n) is 1.81. The van der Waals surface area contributed by atoms with Crippen LogP contribution in [0.1, 0.15) is 43.8 Å². The Hall–Kier alpha value is -0.290. The Bertz CT molecular complexity index is 382. The van der Waals surface area contributed by atoms with Crippen molar-refractivity contribution >= 4 is 33.5 Å². The largest absolute Gasteiger partial charge is 0.370 e. The number of rotatable bonds is 8. The van der Waals surface area contributed by atoms with E-state index in [2.05, 4.69) is 37.5 Å². The van der Waals surface area contributed by atoms with Gasteiger partial charge < -0.3 is 5.32 Å².